The van der Waals surface area contributed by atoms with Gasteiger partial charge in [-0.25, -0.2) is 0 Å². The molecule has 0 radical (unpaired) electrons. The lowest BCUT2D eigenvalue weighted by Crippen LogP contribution is -2.12. The van der Waals surface area contributed by atoms with Gasteiger partial charge in [-0.05, 0) is 43.7 Å². The predicted octanol–water partition coefficient (Wildman–Crippen LogP) is 3.93. The number of carboxylic acids is 1. The highest BCUT2D eigenvalue weighted by atomic mass is 35.5. The molecule has 3 nitrogen and oxygen atoms in total. The van der Waals surface area contributed by atoms with E-state index in [9.17, 15) is 4.79 Å². The highest BCUT2D eigenvalue weighted by Crippen LogP contribution is 2.50. The number of aryl methyl sites for hydroxylation is 2. The summed E-state index contributed by atoms with van der Waals surface area (Å²) in [7, 11) is 1.59. The predicted molar refractivity (Wildman–Crippen MR) is 75.2 cm³/mol. The second kappa shape index (κ2) is 5.41. The number of hydrogen-bond donors (Lipinski definition) is 1. The Morgan fingerprint density at radius 2 is 2.11 bits per heavy atom. The molecule has 104 valence electrons. The van der Waals surface area contributed by atoms with Crippen LogP contribution in [-0.2, 0) is 4.79 Å². The van der Waals surface area contributed by atoms with E-state index >= 15 is 0 Å². The van der Waals surface area contributed by atoms with Gasteiger partial charge >= 0.3 is 5.97 Å². The molecule has 4 heteroatoms. The molecule has 0 saturated heterocycles. The zero-order valence-corrected chi connectivity index (χ0v) is 12.3. The van der Waals surface area contributed by atoms with Crippen molar-refractivity contribution < 1.29 is 14.6 Å². The summed E-state index contributed by atoms with van der Waals surface area (Å²) in [5, 5.41) is 9.72. The summed E-state index contributed by atoms with van der Waals surface area (Å²) >= 11 is 6.30. The number of carboxylic acid groups (broad SMARTS) is 1. The van der Waals surface area contributed by atoms with E-state index < -0.39 is 5.97 Å². The van der Waals surface area contributed by atoms with Crippen LogP contribution in [0, 0.1) is 19.8 Å². The fourth-order valence-corrected chi connectivity index (χ4v) is 3.03. The maximum atomic E-state index is 11.1. The molecule has 1 aliphatic rings. The smallest absolute Gasteiger partial charge is 0.303 e. The Labute approximate surface area is 118 Å². The summed E-state index contributed by atoms with van der Waals surface area (Å²) in [5.41, 5.74) is 3.00. The Kier molecular flexibility index (Phi) is 4.04. The summed E-state index contributed by atoms with van der Waals surface area (Å²) in [4.78, 5) is 11.1. The summed E-state index contributed by atoms with van der Waals surface area (Å²) in [5.74, 6) is 0.334. The number of methoxy groups -OCH3 is 1. The van der Waals surface area contributed by atoms with Crippen LogP contribution in [0.4, 0.5) is 0 Å². The van der Waals surface area contributed by atoms with Crippen LogP contribution in [0.3, 0.4) is 0 Å². The number of aliphatic carboxylic acids is 1. The normalized spacial score (nSPS) is 16.2. The Morgan fingerprint density at radius 1 is 1.47 bits per heavy atom. The lowest BCUT2D eigenvalue weighted by atomic mass is 9.86. The highest BCUT2D eigenvalue weighted by molar-refractivity contribution is 6.33. The topological polar surface area (TPSA) is 46.5 Å². The summed E-state index contributed by atoms with van der Waals surface area (Å²) in [6, 6.07) is 2.01. The van der Waals surface area contributed by atoms with Crippen molar-refractivity contribution in [3.05, 3.63) is 27.8 Å². The van der Waals surface area contributed by atoms with Crippen LogP contribution in [-0.4, -0.2) is 18.2 Å². The van der Waals surface area contributed by atoms with Gasteiger partial charge in [-0.1, -0.05) is 17.7 Å². The van der Waals surface area contributed by atoms with Gasteiger partial charge in [0, 0.05) is 11.5 Å². The first-order valence-electron chi connectivity index (χ1n) is 6.51. The average molecular weight is 283 g/mol. The number of carbonyl (C=O) groups is 1. The van der Waals surface area contributed by atoms with Crippen molar-refractivity contribution in [2.75, 3.05) is 7.11 Å². The molecule has 1 fully saturated rings. The van der Waals surface area contributed by atoms with Crippen LogP contribution in [0.2, 0.25) is 5.02 Å². The van der Waals surface area contributed by atoms with Gasteiger partial charge in [-0.15, -0.1) is 0 Å². The standard InChI is InChI=1S/C15H19ClO3/c1-8-6-9(2)14(16)15(19-3)13(8)11(7-12(17)18)10-4-5-10/h6,10-11H,4-5,7H2,1-3H3,(H,17,18). The first kappa shape index (κ1) is 14.2. The molecule has 1 unspecified atom stereocenters. The number of hydrogen-bond acceptors (Lipinski definition) is 2. The third-order valence-electron chi connectivity index (χ3n) is 3.81. The van der Waals surface area contributed by atoms with Gasteiger partial charge < -0.3 is 9.84 Å². The molecule has 0 amide bonds. The third-order valence-corrected chi connectivity index (χ3v) is 4.28. The largest absolute Gasteiger partial charge is 0.495 e. The number of benzene rings is 1. The minimum absolute atomic E-state index is 0.00514. The molecule has 1 aliphatic carbocycles. The molecule has 0 aromatic heterocycles. The number of halogens is 1. The van der Waals surface area contributed by atoms with E-state index in [0.717, 1.165) is 29.5 Å². The van der Waals surface area contributed by atoms with Gasteiger partial charge in [0.25, 0.3) is 0 Å². The van der Waals surface area contributed by atoms with E-state index in [2.05, 4.69) is 0 Å². The Bertz CT molecular complexity index is 507. The summed E-state index contributed by atoms with van der Waals surface area (Å²) in [6.07, 6.45) is 2.32. The maximum Gasteiger partial charge on any atom is 0.303 e. The Morgan fingerprint density at radius 3 is 2.58 bits per heavy atom. The van der Waals surface area contributed by atoms with E-state index in [1.807, 2.05) is 19.9 Å². The fourth-order valence-electron chi connectivity index (χ4n) is 2.79. The van der Waals surface area contributed by atoms with E-state index in [4.69, 9.17) is 21.4 Å². The lowest BCUT2D eigenvalue weighted by molar-refractivity contribution is -0.137. The van der Waals surface area contributed by atoms with Crippen LogP contribution < -0.4 is 4.74 Å². The fraction of sp³-hybridized carbons (Fsp3) is 0.533. The molecule has 1 aromatic carbocycles. The van der Waals surface area contributed by atoms with Crippen LogP contribution in [0.15, 0.2) is 6.07 Å². The van der Waals surface area contributed by atoms with Crippen LogP contribution >= 0.6 is 11.6 Å². The molecule has 0 bridgehead atoms. The molecular formula is C15H19ClO3. The Balaban J connectivity index is 2.51. The van der Waals surface area contributed by atoms with E-state index in [0.29, 0.717) is 16.7 Å². The van der Waals surface area contributed by atoms with Gasteiger partial charge in [-0.3, -0.25) is 4.79 Å². The maximum absolute atomic E-state index is 11.1. The third kappa shape index (κ3) is 2.86. The van der Waals surface area contributed by atoms with E-state index in [1.54, 1.807) is 7.11 Å². The van der Waals surface area contributed by atoms with Crippen molar-refractivity contribution in [1.82, 2.24) is 0 Å². The van der Waals surface area contributed by atoms with Crippen molar-refractivity contribution in [2.45, 2.75) is 39.0 Å². The average Bonchev–Trinajstić information content (AvgIpc) is 3.14. The monoisotopic (exact) mass is 282 g/mol. The number of rotatable bonds is 5. The minimum Gasteiger partial charge on any atom is -0.495 e. The van der Waals surface area contributed by atoms with Crippen LogP contribution in [0.1, 0.15) is 41.9 Å². The molecule has 19 heavy (non-hydrogen) atoms. The van der Waals surface area contributed by atoms with E-state index in [1.165, 1.54) is 0 Å². The second-order valence-corrected chi connectivity index (χ2v) is 5.69. The van der Waals surface area contributed by atoms with E-state index in [-0.39, 0.29) is 12.3 Å². The zero-order chi connectivity index (χ0) is 14.2. The molecule has 1 aromatic rings. The molecule has 0 aliphatic heterocycles. The minimum atomic E-state index is -0.768. The van der Waals surface area contributed by atoms with Gasteiger partial charge in [0.05, 0.1) is 18.6 Å². The zero-order valence-electron chi connectivity index (χ0n) is 11.5. The van der Waals surface area contributed by atoms with Gasteiger partial charge in [0.15, 0.2) is 0 Å². The molecule has 1 atom stereocenters. The lowest BCUT2D eigenvalue weighted by Gasteiger charge is -2.22. The first-order chi connectivity index (χ1) is 8.95. The quantitative estimate of drug-likeness (QED) is 0.890. The number of ether oxygens (including phenoxy) is 1. The van der Waals surface area contributed by atoms with Crippen molar-refractivity contribution in [1.29, 1.82) is 0 Å². The summed E-state index contributed by atoms with van der Waals surface area (Å²) in [6.45, 7) is 3.93. The second-order valence-electron chi connectivity index (χ2n) is 5.31. The molecule has 0 heterocycles. The van der Waals surface area contributed by atoms with Crippen molar-refractivity contribution in [3.63, 3.8) is 0 Å². The molecule has 1 saturated carbocycles. The Hall–Kier alpha value is -1.22. The SMILES string of the molecule is COc1c(Cl)c(C)cc(C)c1C(CC(=O)O)C1CC1. The molecule has 2 rings (SSSR count). The first-order valence-corrected chi connectivity index (χ1v) is 6.88. The van der Waals surface area contributed by atoms with Crippen molar-refractivity contribution in [2.24, 2.45) is 5.92 Å². The highest BCUT2D eigenvalue weighted by Gasteiger charge is 2.36. The van der Waals surface area contributed by atoms with Crippen molar-refractivity contribution in [3.8, 4) is 5.75 Å². The van der Waals surface area contributed by atoms with Crippen molar-refractivity contribution >= 4 is 17.6 Å². The molecular weight excluding hydrogens is 264 g/mol. The van der Waals surface area contributed by atoms with Gasteiger partial charge in [-0.2, -0.15) is 0 Å². The summed E-state index contributed by atoms with van der Waals surface area (Å²) < 4.78 is 5.45. The van der Waals surface area contributed by atoms with Crippen LogP contribution in [0.25, 0.3) is 0 Å². The van der Waals surface area contributed by atoms with Gasteiger partial charge in [0.2, 0.25) is 0 Å². The van der Waals surface area contributed by atoms with Crippen LogP contribution in [0.5, 0.6) is 5.75 Å². The molecule has 1 N–H and O–H groups in total. The molecule has 0 spiro atoms. The van der Waals surface area contributed by atoms with Gasteiger partial charge in [0.1, 0.15) is 5.75 Å².